The fourth-order valence-electron chi connectivity index (χ4n) is 1.03. The average Bonchev–Trinajstić information content (AvgIpc) is 2.10. The molecule has 0 unspecified atom stereocenters. The minimum absolute atomic E-state index is 0.149. The van der Waals surface area contributed by atoms with Crippen molar-refractivity contribution in [1.29, 1.82) is 0 Å². The Balaban J connectivity index is 2.51. The summed E-state index contributed by atoms with van der Waals surface area (Å²) in [6.07, 6.45) is 0.879. The second-order valence-electron chi connectivity index (χ2n) is 3.26. The molecule has 76 valence electrons. The molecule has 0 spiro atoms. The van der Waals surface area contributed by atoms with Crippen molar-refractivity contribution >= 4 is 17.3 Å². The van der Waals surface area contributed by atoms with Gasteiger partial charge in [0.05, 0.1) is 5.02 Å². The van der Waals surface area contributed by atoms with Gasteiger partial charge in [0.15, 0.2) is 0 Å². The molecule has 1 aromatic carbocycles. The molecular formula is C11H13ClFN. The molecule has 1 rings (SSSR count). The zero-order valence-corrected chi connectivity index (χ0v) is 8.87. The van der Waals surface area contributed by atoms with E-state index >= 15 is 0 Å². The summed E-state index contributed by atoms with van der Waals surface area (Å²) >= 11 is 5.55. The van der Waals surface area contributed by atoms with Gasteiger partial charge in [-0.1, -0.05) is 17.2 Å². The first kappa shape index (κ1) is 11.1. The van der Waals surface area contributed by atoms with Crippen LogP contribution in [0, 0.1) is 5.82 Å². The Labute approximate surface area is 88.6 Å². The highest BCUT2D eigenvalue weighted by Crippen LogP contribution is 2.18. The second-order valence-corrected chi connectivity index (χ2v) is 3.67. The van der Waals surface area contributed by atoms with Gasteiger partial charge in [0.25, 0.3) is 0 Å². The summed E-state index contributed by atoms with van der Waals surface area (Å²) in [5.41, 5.74) is 1.85. The van der Waals surface area contributed by atoms with Crippen LogP contribution in [0.2, 0.25) is 5.02 Å². The van der Waals surface area contributed by atoms with Gasteiger partial charge in [-0.2, -0.15) is 0 Å². The predicted molar refractivity (Wildman–Crippen MR) is 59.3 cm³/mol. The first-order valence-corrected chi connectivity index (χ1v) is 4.80. The Morgan fingerprint density at radius 3 is 2.86 bits per heavy atom. The molecule has 0 aliphatic carbocycles. The average molecular weight is 214 g/mol. The molecule has 0 saturated carbocycles. The standard InChI is InChI=1S/C11H13ClFN/c1-8(2)5-6-14-9-3-4-10(12)11(13)7-9/h3-4,7,14H,1,5-6H2,2H3. The smallest absolute Gasteiger partial charge is 0.143 e. The van der Waals surface area contributed by atoms with Crippen LogP contribution >= 0.6 is 11.6 Å². The summed E-state index contributed by atoms with van der Waals surface area (Å²) in [5.74, 6) is -0.396. The Bertz CT molecular complexity index is 336. The molecule has 0 radical (unpaired) electrons. The molecule has 1 aromatic rings. The Morgan fingerprint density at radius 1 is 1.57 bits per heavy atom. The zero-order valence-electron chi connectivity index (χ0n) is 8.11. The second kappa shape index (κ2) is 5.01. The van der Waals surface area contributed by atoms with Crippen LogP contribution in [0.15, 0.2) is 30.4 Å². The van der Waals surface area contributed by atoms with Gasteiger partial charge in [-0.05, 0) is 31.5 Å². The number of hydrogen-bond donors (Lipinski definition) is 1. The predicted octanol–water partition coefficient (Wildman–Crippen LogP) is 3.86. The first-order valence-electron chi connectivity index (χ1n) is 4.43. The highest BCUT2D eigenvalue weighted by molar-refractivity contribution is 6.30. The molecule has 0 amide bonds. The van der Waals surface area contributed by atoms with E-state index in [1.54, 1.807) is 12.1 Å². The Kier molecular flexibility index (Phi) is 3.96. The summed E-state index contributed by atoms with van der Waals surface area (Å²) < 4.78 is 13.0. The highest BCUT2D eigenvalue weighted by atomic mass is 35.5. The third-order valence-corrected chi connectivity index (χ3v) is 2.11. The van der Waals surface area contributed by atoms with Gasteiger partial charge in [0, 0.05) is 12.2 Å². The lowest BCUT2D eigenvalue weighted by atomic mass is 10.2. The molecule has 0 aliphatic heterocycles. The van der Waals surface area contributed by atoms with E-state index < -0.39 is 5.82 Å². The lowest BCUT2D eigenvalue weighted by molar-refractivity contribution is 0.628. The van der Waals surface area contributed by atoms with Gasteiger partial charge in [-0.15, -0.1) is 6.58 Å². The van der Waals surface area contributed by atoms with Gasteiger partial charge in [-0.3, -0.25) is 0 Å². The maximum absolute atomic E-state index is 13.0. The van der Waals surface area contributed by atoms with E-state index in [0.29, 0.717) is 0 Å². The molecule has 0 aromatic heterocycles. The van der Waals surface area contributed by atoms with E-state index in [1.807, 2.05) is 6.92 Å². The third kappa shape index (κ3) is 3.38. The summed E-state index contributed by atoms with van der Waals surface area (Å²) in [5, 5.41) is 3.23. The molecule has 1 nitrogen and oxygen atoms in total. The third-order valence-electron chi connectivity index (χ3n) is 1.80. The maximum atomic E-state index is 13.0. The van der Waals surface area contributed by atoms with Crippen molar-refractivity contribution in [2.45, 2.75) is 13.3 Å². The largest absolute Gasteiger partial charge is 0.385 e. The number of nitrogens with one attached hydrogen (secondary N) is 1. The quantitative estimate of drug-likeness (QED) is 0.749. The SMILES string of the molecule is C=C(C)CCNc1ccc(Cl)c(F)c1. The molecule has 0 bridgehead atoms. The monoisotopic (exact) mass is 213 g/mol. The summed E-state index contributed by atoms with van der Waals surface area (Å²) in [6.45, 7) is 6.51. The number of hydrogen-bond acceptors (Lipinski definition) is 1. The molecule has 0 heterocycles. The van der Waals surface area contributed by atoms with Gasteiger partial charge in [0.2, 0.25) is 0 Å². The van der Waals surface area contributed by atoms with Crippen LogP contribution in [0.3, 0.4) is 0 Å². The summed E-state index contributed by atoms with van der Waals surface area (Å²) in [7, 11) is 0. The van der Waals surface area contributed by atoms with Crippen molar-refractivity contribution in [3.8, 4) is 0 Å². The topological polar surface area (TPSA) is 12.0 Å². The molecule has 3 heteroatoms. The van der Waals surface area contributed by atoms with Gasteiger partial charge in [-0.25, -0.2) is 4.39 Å². The van der Waals surface area contributed by atoms with Crippen LogP contribution < -0.4 is 5.32 Å². The molecule has 1 N–H and O–H groups in total. The molecule has 0 aliphatic rings. The van der Waals surface area contributed by atoms with Crippen molar-refractivity contribution in [3.05, 3.63) is 41.2 Å². The number of benzene rings is 1. The van der Waals surface area contributed by atoms with Gasteiger partial charge >= 0.3 is 0 Å². The van der Waals surface area contributed by atoms with E-state index in [-0.39, 0.29) is 5.02 Å². The zero-order chi connectivity index (χ0) is 10.6. The van der Waals surface area contributed by atoms with E-state index in [2.05, 4.69) is 11.9 Å². The van der Waals surface area contributed by atoms with Crippen molar-refractivity contribution in [1.82, 2.24) is 0 Å². The van der Waals surface area contributed by atoms with Crippen LogP contribution in [0.5, 0.6) is 0 Å². The van der Waals surface area contributed by atoms with E-state index in [0.717, 1.165) is 24.2 Å². The van der Waals surface area contributed by atoms with E-state index in [9.17, 15) is 4.39 Å². The minimum atomic E-state index is -0.396. The Morgan fingerprint density at radius 2 is 2.29 bits per heavy atom. The van der Waals surface area contributed by atoms with Gasteiger partial charge < -0.3 is 5.32 Å². The number of anilines is 1. The van der Waals surface area contributed by atoms with Crippen molar-refractivity contribution in [2.75, 3.05) is 11.9 Å². The maximum Gasteiger partial charge on any atom is 0.143 e. The van der Waals surface area contributed by atoms with Crippen LogP contribution in [0.4, 0.5) is 10.1 Å². The summed E-state index contributed by atoms with van der Waals surface area (Å²) in [4.78, 5) is 0. The molecule has 14 heavy (non-hydrogen) atoms. The normalized spacial score (nSPS) is 9.93. The minimum Gasteiger partial charge on any atom is -0.385 e. The van der Waals surface area contributed by atoms with E-state index in [4.69, 9.17) is 11.6 Å². The van der Waals surface area contributed by atoms with Crippen molar-refractivity contribution in [3.63, 3.8) is 0 Å². The van der Waals surface area contributed by atoms with Gasteiger partial charge in [0.1, 0.15) is 5.82 Å². The Hall–Kier alpha value is -1.02. The molecule has 0 saturated heterocycles. The molecule has 0 atom stereocenters. The van der Waals surface area contributed by atoms with Crippen LogP contribution in [-0.4, -0.2) is 6.54 Å². The number of halogens is 2. The van der Waals surface area contributed by atoms with Crippen LogP contribution in [-0.2, 0) is 0 Å². The molecular weight excluding hydrogens is 201 g/mol. The summed E-state index contributed by atoms with van der Waals surface area (Å²) in [6, 6.07) is 4.69. The highest BCUT2D eigenvalue weighted by Gasteiger charge is 1.99. The fraction of sp³-hybridized carbons (Fsp3) is 0.273. The fourth-order valence-corrected chi connectivity index (χ4v) is 1.14. The van der Waals surface area contributed by atoms with Crippen LogP contribution in [0.1, 0.15) is 13.3 Å². The lowest BCUT2D eigenvalue weighted by Gasteiger charge is -2.06. The van der Waals surface area contributed by atoms with Crippen LogP contribution in [0.25, 0.3) is 0 Å². The van der Waals surface area contributed by atoms with E-state index in [1.165, 1.54) is 6.07 Å². The molecule has 0 fully saturated rings. The first-order chi connectivity index (χ1) is 6.59. The van der Waals surface area contributed by atoms with Crippen molar-refractivity contribution < 1.29 is 4.39 Å². The lowest BCUT2D eigenvalue weighted by Crippen LogP contribution is -2.01. The van der Waals surface area contributed by atoms with Crippen molar-refractivity contribution in [2.24, 2.45) is 0 Å². The number of rotatable bonds is 4.